The zero-order chi connectivity index (χ0) is 20.1. The molecule has 2 amide bonds. The second-order valence-electron chi connectivity index (χ2n) is 7.20. The number of carbonyl (C=O) groups excluding carboxylic acids is 2. The Hall–Kier alpha value is -2.77. The summed E-state index contributed by atoms with van der Waals surface area (Å²) in [6.45, 7) is 3.20. The van der Waals surface area contributed by atoms with Gasteiger partial charge in [0.15, 0.2) is 0 Å². The number of nitrogens with zero attached hydrogens (tertiary/aromatic N) is 1. The molecule has 0 aliphatic heterocycles. The van der Waals surface area contributed by atoms with Gasteiger partial charge in [0.05, 0.1) is 28.8 Å². The molecule has 6 nitrogen and oxygen atoms in total. The summed E-state index contributed by atoms with van der Waals surface area (Å²) in [6, 6.07) is 16.1. The average Bonchev–Trinajstić information content (AvgIpc) is 3.06. The summed E-state index contributed by atoms with van der Waals surface area (Å²) in [5, 5.41) is 15.4. The minimum Gasteiger partial charge on any atom is -0.389 e. The van der Waals surface area contributed by atoms with E-state index in [0.717, 1.165) is 21.3 Å². The van der Waals surface area contributed by atoms with Crippen LogP contribution in [-0.2, 0) is 16.0 Å². The van der Waals surface area contributed by atoms with Crippen LogP contribution in [0.25, 0.3) is 21.3 Å². The van der Waals surface area contributed by atoms with E-state index in [2.05, 4.69) is 33.8 Å². The van der Waals surface area contributed by atoms with Gasteiger partial charge >= 0.3 is 0 Å². The van der Waals surface area contributed by atoms with Crippen LogP contribution in [0.3, 0.4) is 0 Å². The van der Waals surface area contributed by atoms with Gasteiger partial charge in [0.25, 0.3) is 0 Å². The second-order valence-corrected chi connectivity index (χ2v) is 8.31. The molecule has 0 radical (unpaired) electrons. The average molecular weight is 398 g/mol. The minimum atomic E-state index is -0.987. The van der Waals surface area contributed by atoms with Crippen molar-refractivity contribution in [3.63, 3.8) is 0 Å². The van der Waals surface area contributed by atoms with Crippen LogP contribution in [0.1, 0.15) is 18.9 Å². The summed E-state index contributed by atoms with van der Waals surface area (Å²) in [5.41, 5.74) is 2.11. The summed E-state index contributed by atoms with van der Waals surface area (Å²) in [5.74, 6) is -0.604. The first-order valence-electron chi connectivity index (χ1n) is 9.01. The molecule has 2 aromatic carbocycles. The van der Waals surface area contributed by atoms with Crippen molar-refractivity contribution in [2.45, 2.75) is 25.9 Å². The van der Waals surface area contributed by atoms with Crippen molar-refractivity contribution in [1.82, 2.24) is 15.6 Å². The molecular weight excluding hydrogens is 374 g/mol. The van der Waals surface area contributed by atoms with E-state index >= 15 is 0 Å². The fourth-order valence-electron chi connectivity index (χ4n) is 2.61. The number of carbonyl (C=O) groups is 2. The molecule has 0 aliphatic rings. The summed E-state index contributed by atoms with van der Waals surface area (Å²) in [6.07, 6.45) is 0.124. The quantitative estimate of drug-likeness (QED) is 0.571. The van der Waals surface area contributed by atoms with Crippen molar-refractivity contribution >= 4 is 33.4 Å². The molecule has 0 bridgehead atoms. The van der Waals surface area contributed by atoms with E-state index in [0.29, 0.717) is 5.01 Å². The van der Waals surface area contributed by atoms with Crippen LogP contribution in [0.4, 0.5) is 0 Å². The highest BCUT2D eigenvalue weighted by molar-refractivity contribution is 7.18. The molecule has 1 heterocycles. The highest BCUT2D eigenvalue weighted by Gasteiger charge is 2.15. The fourth-order valence-corrected chi connectivity index (χ4v) is 3.62. The Bertz CT molecular complexity index is 977. The van der Waals surface area contributed by atoms with Gasteiger partial charge in [-0.2, -0.15) is 0 Å². The Kier molecular flexibility index (Phi) is 6.06. The van der Waals surface area contributed by atoms with E-state index in [1.807, 2.05) is 30.3 Å². The molecule has 0 saturated carbocycles. The van der Waals surface area contributed by atoms with Crippen LogP contribution in [0.15, 0.2) is 48.5 Å². The first-order valence-corrected chi connectivity index (χ1v) is 9.82. The number of nitrogens with one attached hydrogen (secondary N) is 2. The summed E-state index contributed by atoms with van der Waals surface area (Å²) in [7, 11) is 0. The molecule has 3 aromatic rings. The maximum Gasteiger partial charge on any atom is 0.239 e. The van der Waals surface area contributed by atoms with Crippen LogP contribution in [-0.4, -0.2) is 40.6 Å². The fraction of sp³-hybridized carbons (Fsp3) is 0.286. The third-order valence-corrected chi connectivity index (χ3v) is 5.03. The Morgan fingerprint density at radius 1 is 1.04 bits per heavy atom. The van der Waals surface area contributed by atoms with E-state index in [4.69, 9.17) is 0 Å². The van der Waals surface area contributed by atoms with Gasteiger partial charge in [0.2, 0.25) is 11.8 Å². The maximum atomic E-state index is 12.1. The van der Waals surface area contributed by atoms with E-state index < -0.39 is 5.60 Å². The first kappa shape index (κ1) is 20.0. The van der Waals surface area contributed by atoms with Gasteiger partial charge in [0, 0.05) is 6.54 Å². The van der Waals surface area contributed by atoms with Crippen LogP contribution in [0.5, 0.6) is 0 Å². The number of amides is 2. The molecule has 0 aliphatic carbocycles. The minimum absolute atomic E-state index is 0.124. The van der Waals surface area contributed by atoms with Crippen molar-refractivity contribution in [1.29, 1.82) is 0 Å². The zero-order valence-corrected chi connectivity index (χ0v) is 16.7. The molecule has 0 spiro atoms. The lowest BCUT2D eigenvalue weighted by atomic mass is 10.1. The Morgan fingerprint density at radius 2 is 1.79 bits per heavy atom. The number of rotatable bonds is 7. The molecule has 146 valence electrons. The molecule has 0 atom stereocenters. The number of aromatic nitrogens is 1. The van der Waals surface area contributed by atoms with Crippen molar-refractivity contribution < 1.29 is 14.7 Å². The first-order chi connectivity index (χ1) is 13.3. The number of benzene rings is 2. The Morgan fingerprint density at radius 3 is 2.50 bits per heavy atom. The van der Waals surface area contributed by atoms with Crippen LogP contribution >= 0.6 is 11.3 Å². The topological polar surface area (TPSA) is 91.3 Å². The van der Waals surface area contributed by atoms with Crippen molar-refractivity contribution in [2.75, 3.05) is 13.1 Å². The van der Waals surface area contributed by atoms with Gasteiger partial charge in [-0.15, -0.1) is 11.3 Å². The smallest absolute Gasteiger partial charge is 0.239 e. The van der Waals surface area contributed by atoms with Crippen LogP contribution < -0.4 is 10.6 Å². The van der Waals surface area contributed by atoms with E-state index in [9.17, 15) is 14.7 Å². The van der Waals surface area contributed by atoms with Crippen molar-refractivity contribution in [2.24, 2.45) is 0 Å². The third-order valence-electron chi connectivity index (χ3n) is 4.02. The normalized spacial score (nSPS) is 11.4. The molecule has 0 fully saturated rings. The van der Waals surface area contributed by atoms with Crippen LogP contribution in [0, 0.1) is 0 Å². The van der Waals surface area contributed by atoms with E-state index in [1.54, 1.807) is 13.8 Å². The van der Waals surface area contributed by atoms with Gasteiger partial charge in [-0.25, -0.2) is 4.98 Å². The van der Waals surface area contributed by atoms with E-state index in [-0.39, 0.29) is 31.3 Å². The molecule has 7 heteroatoms. The number of fused-ring (bicyclic) bond motifs is 1. The van der Waals surface area contributed by atoms with Gasteiger partial charge < -0.3 is 15.7 Å². The third kappa shape index (κ3) is 5.61. The van der Waals surface area contributed by atoms with Crippen LogP contribution in [0.2, 0.25) is 0 Å². The lowest BCUT2D eigenvalue weighted by molar-refractivity contribution is -0.126. The van der Waals surface area contributed by atoms with Gasteiger partial charge in [-0.3, -0.25) is 9.59 Å². The molecule has 3 rings (SSSR count). The monoisotopic (exact) mass is 397 g/mol. The summed E-state index contributed by atoms with van der Waals surface area (Å²) >= 11 is 1.48. The van der Waals surface area contributed by atoms with Gasteiger partial charge in [0.1, 0.15) is 5.01 Å². The standard InChI is InChI=1S/C21H23N3O3S/c1-21(2,27)13-23-19(26)12-22-18(25)11-20-24-16-9-8-15(10-17(16)28-20)14-6-4-3-5-7-14/h3-10,27H,11-13H2,1-2H3,(H,22,25)(H,23,26). The Balaban J connectivity index is 1.58. The molecule has 28 heavy (non-hydrogen) atoms. The maximum absolute atomic E-state index is 12.1. The van der Waals surface area contributed by atoms with Gasteiger partial charge in [-0.1, -0.05) is 36.4 Å². The van der Waals surface area contributed by atoms with Gasteiger partial charge in [-0.05, 0) is 37.1 Å². The molecular formula is C21H23N3O3S. The predicted octanol–water partition coefficient (Wildman–Crippen LogP) is 2.51. The second kappa shape index (κ2) is 8.50. The largest absolute Gasteiger partial charge is 0.389 e. The lowest BCUT2D eigenvalue weighted by Crippen LogP contribution is -2.43. The SMILES string of the molecule is CC(C)(O)CNC(=O)CNC(=O)Cc1nc2ccc(-c3ccccc3)cc2s1. The zero-order valence-electron chi connectivity index (χ0n) is 15.9. The highest BCUT2D eigenvalue weighted by atomic mass is 32.1. The molecule has 1 aromatic heterocycles. The Labute approximate surface area is 167 Å². The number of hydrogen-bond donors (Lipinski definition) is 3. The number of thiazole rings is 1. The summed E-state index contributed by atoms with van der Waals surface area (Å²) < 4.78 is 1.02. The van der Waals surface area contributed by atoms with Crippen molar-refractivity contribution in [3.8, 4) is 11.1 Å². The number of hydrogen-bond acceptors (Lipinski definition) is 5. The highest BCUT2D eigenvalue weighted by Crippen LogP contribution is 2.28. The molecule has 0 saturated heterocycles. The molecule has 3 N–H and O–H groups in total. The van der Waals surface area contributed by atoms with E-state index in [1.165, 1.54) is 11.3 Å². The number of aliphatic hydroxyl groups is 1. The van der Waals surface area contributed by atoms with Crippen molar-refractivity contribution in [3.05, 3.63) is 53.5 Å². The summed E-state index contributed by atoms with van der Waals surface area (Å²) in [4.78, 5) is 28.3. The molecule has 0 unspecified atom stereocenters. The lowest BCUT2D eigenvalue weighted by Gasteiger charge is -2.17. The predicted molar refractivity (Wildman–Crippen MR) is 111 cm³/mol.